The summed E-state index contributed by atoms with van der Waals surface area (Å²) in [4.78, 5) is 28.8. The van der Waals surface area contributed by atoms with Crippen molar-refractivity contribution in [2.24, 2.45) is 5.73 Å². The summed E-state index contributed by atoms with van der Waals surface area (Å²) < 4.78 is 10.8. The van der Waals surface area contributed by atoms with Crippen molar-refractivity contribution in [3.63, 3.8) is 0 Å². The van der Waals surface area contributed by atoms with Crippen molar-refractivity contribution in [3.8, 4) is 5.75 Å². The van der Waals surface area contributed by atoms with Gasteiger partial charge < -0.3 is 25.4 Å². The van der Waals surface area contributed by atoms with Crippen LogP contribution in [0, 0.1) is 0 Å². The molecule has 1 aromatic rings. The first kappa shape index (κ1) is 17.0. The number of methoxy groups -OCH3 is 1. The SMILES string of the molecule is COCCNC(=O)N1CCCC(Oc2ccnc(C(N)=O)c2)C1. The number of rotatable bonds is 6. The molecule has 8 nitrogen and oxygen atoms in total. The Balaban J connectivity index is 1.89. The molecule has 1 atom stereocenters. The summed E-state index contributed by atoms with van der Waals surface area (Å²) in [6.07, 6.45) is 3.06. The molecule has 0 aliphatic carbocycles. The van der Waals surface area contributed by atoms with Gasteiger partial charge in [-0.15, -0.1) is 0 Å². The van der Waals surface area contributed by atoms with Crippen LogP contribution in [0.3, 0.4) is 0 Å². The lowest BCUT2D eigenvalue weighted by Crippen LogP contribution is -2.49. The van der Waals surface area contributed by atoms with E-state index in [4.69, 9.17) is 15.2 Å². The minimum atomic E-state index is -0.599. The second kappa shape index (κ2) is 8.33. The van der Waals surface area contributed by atoms with Crippen LogP contribution in [-0.4, -0.2) is 61.3 Å². The quantitative estimate of drug-likeness (QED) is 0.736. The minimum Gasteiger partial charge on any atom is -0.488 e. The number of ether oxygens (including phenoxy) is 2. The molecule has 1 fully saturated rings. The highest BCUT2D eigenvalue weighted by atomic mass is 16.5. The Morgan fingerprint density at radius 3 is 3.09 bits per heavy atom. The first-order chi connectivity index (χ1) is 11.1. The molecule has 23 heavy (non-hydrogen) atoms. The number of hydrogen-bond acceptors (Lipinski definition) is 5. The summed E-state index contributed by atoms with van der Waals surface area (Å²) in [5.41, 5.74) is 5.37. The molecule has 0 spiro atoms. The third-order valence-electron chi connectivity index (χ3n) is 3.53. The fourth-order valence-electron chi connectivity index (χ4n) is 2.40. The minimum absolute atomic E-state index is 0.122. The lowest BCUT2D eigenvalue weighted by molar-refractivity contribution is 0.0977. The van der Waals surface area contributed by atoms with Crippen LogP contribution in [0.5, 0.6) is 5.75 Å². The number of carbonyl (C=O) groups is 2. The summed E-state index contributed by atoms with van der Waals surface area (Å²) in [5.74, 6) is -0.0707. The predicted octanol–water partition coefficient (Wildman–Crippen LogP) is 0.380. The van der Waals surface area contributed by atoms with E-state index in [1.54, 1.807) is 18.1 Å². The summed E-state index contributed by atoms with van der Waals surface area (Å²) in [6.45, 7) is 2.14. The number of nitrogens with zero attached hydrogens (tertiary/aromatic N) is 2. The Bertz CT molecular complexity index is 552. The second-order valence-corrected chi connectivity index (χ2v) is 5.29. The van der Waals surface area contributed by atoms with E-state index in [0.717, 1.165) is 12.8 Å². The van der Waals surface area contributed by atoms with Gasteiger partial charge in [0.15, 0.2) is 0 Å². The van der Waals surface area contributed by atoms with Crippen molar-refractivity contribution < 1.29 is 19.1 Å². The van der Waals surface area contributed by atoms with Gasteiger partial charge in [-0.1, -0.05) is 0 Å². The van der Waals surface area contributed by atoms with E-state index in [2.05, 4.69) is 10.3 Å². The number of piperidine rings is 1. The Kier molecular flexibility index (Phi) is 6.16. The Hall–Kier alpha value is -2.35. The van der Waals surface area contributed by atoms with Gasteiger partial charge in [-0.2, -0.15) is 0 Å². The summed E-state index contributed by atoms with van der Waals surface area (Å²) in [5, 5.41) is 2.80. The van der Waals surface area contributed by atoms with Gasteiger partial charge in [0.25, 0.3) is 5.91 Å². The molecule has 1 saturated heterocycles. The highest BCUT2D eigenvalue weighted by Crippen LogP contribution is 2.18. The van der Waals surface area contributed by atoms with Crippen LogP contribution in [0.15, 0.2) is 18.3 Å². The molecule has 3 N–H and O–H groups in total. The fraction of sp³-hybridized carbons (Fsp3) is 0.533. The third-order valence-corrected chi connectivity index (χ3v) is 3.53. The number of carbonyl (C=O) groups excluding carboxylic acids is 2. The first-order valence-corrected chi connectivity index (χ1v) is 7.54. The van der Waals surface area contributed by atoms with Crippen molar-refractivity contribution in [2.45, 2.75) is 18.9 Å². The van der Waals surface area contributed by atoms with Crippen LogP contribution in [0.1, 0.15) is 23.3 Å². The normalized spacial score (nSPS) is 17.6. The molecule has 1 unspecified atom stereocenters. The molecule has 126 valence electrons. The van der Waals surface area contributed by atoms with Crippen molar-refractivity contribution in [3.05, 3.63) is 24.0 Å². The summed E-state index contributed by atoms with van der Waals surface area (Å²) >= 11 is 0. The van der Waals surface area contributed by atoms with Crippen LogP contribution in [0.25, 0.3) is 0 Å². The molecule has 3 amide bonds. The van der Waals surface area contributed by atoms with Gasteiger partial charge in [-0.25, -0.2) is 4.79 Å². The molecule has 0 aromatic carbocycles. The number of nitrogens with two attached hydrogens (primary N) is 1. The van der Waals surface area contributed by atoms with E-state index in [1.807, 2.05) is 0 Å². The molecular weight excluding hydrogens is 300 g/mol. The maximum Gasteiger partial charge on any atom is 0.317 e. The molecule has 1 aliphatic rings. The molecule has 2 heterocycles. The Labute approximate surface area is 134 Å². The van der Waals surface area contributed by atoms with Crippen LogP contribution < -0.4 is 15.8 Å². The van der Waals surface area contributed by atoms with Crippen molar-refractivity contribution in [1.82, 2.24) is 15.2 Å². The number of nitrogens with one attached hydrogen (secondary N) is 1. The molecule has 1 aromatic heterocycles. The number of hydrogen-bond donors (Lipinski definition) is 2. The van der Waals surface area contributed by atoms with Crippen molar-refractivity contribution in [2.75, 3.05) is 33.4 Å². The number of likely N-dealkylation sites (tertiary alicyclic amines) is 1. The summed E-state index contributed by atoms with van der Waals surface area (Å²) in [6, 6.07) is 3.06. The predicted molar refractivity (Wildman–Crippen MR) is 83.3 cm³/mol. The number of primary amides is 1. The highest BCUT2D eigenvalue weighted by molar-refractivity contribution is 5.91. The average Bonchev–Trinajstić information content (AvgIpc) is 2.55. The van der Waals surface area contributed by atoms with E-state index in [1.165, 1.54) is 12.3 Å². The van der Waals surface area contributed by atoms with Gasteiger partial charge in [0.2, 0.25) is 0 Å². The Morgan fingerprint density at radius 2 is 2.35 bits per heavy atom. The van der Waals surface area contributed by atoms with E-state index in [9.17, 15) is 9.59 Å². The fourth-order valence-corrected chi connectivity index (χ4v) is 2.40. The molecular formula is C15H22N4O4. The standard InChI is InChI=1S/C15H22N4O4/c1-22-8-6-18-15(21)19-7-2-3-12(10-19)23-11-4-5-17-13(9-11)14(16)20/h4-5,9,12H,2-3,6-8,10H2,1H3,(H2,16,20)(H,18,21). The zero-order chi connectivity index (χ0) is 16.7. The van der Waals surface area contributed by atoms with Gasteiger partial charge in [-0.3, -0.25) is 9.78 Å². The van der Waals surface area contributed by atoms with Gasteiger partial charge in [0.1, 0.15) is 17.5 Å². The molecule has 0 bridgehead atoms. The second-order valence-electron chi connectivity index (χ2n) is 5.29. The first-order valence-electron chi connectivity index (χ1n) is 7.54. The highest BCUT2D eigenvalue weighted by Gasteiger charge is 2.24. The lowest BCUT2D eigenvalue weighted by atomic mass is 10.1. The van der Waals surface area contributed by atoms with Crippen LogP contribution in [-0.2, 0) is 4.74 Å². The van der Waals surface area contributed by atoms with Gasteiger partial charge in [0, 0.05) is 32.5 Å². The van der Waals surface area contributed by atoms with Crippen molar-refractivity contribution in [1.29, 1.82) is 0 Å². The van der Waals surface area contributed by atoms with E-state index in [-0.39, 0.29) is 17.8 Å². The van der Waals surface area contributed by atoms with Gasteiger partial charge in [-0.05, 0) is 18.9 Å². The number of pyridine rings is 1. The van der Waals surface area contributed by atoms with Crippen LogP contribution in [0.2, 0.25) is 0 Å². The van der Waals surface area contributed by atoms with Crippen LogP contribution in [0.4, 0.5) is 4.79 Å². The van der Waals surface area contributed by atoms with E-state index < -0.39 is 5.91 Å². The molecule has 1 aliphatic heterocycles. The number of urea groups is 1. The van der Waals surface area contributed by atoms with Crippen LogP contribution >= 0.6 is 0 Å². The number of aromatic nitrogens is 1. The maximum atomic E-state index is 12.0. The Morgan fingerprint density at radius 1 is 1.52 bits per heavy atom. The molecule has 0 saturated carbocycles. The zero-order valence-electron chi connectivity index (χ0n) is 13.2. The topological polar surface area (TPSA) is 107 Å². The van der Waals surface area contributed by atoms with Gasteiger partial charge in [0.05, 0.1) is 13.2 Å². The van der Waals surface area contributed by atoms with Gasteiger partial charge >= 0.3 is 6.03 Å². The smallest absolute Gasteiger partial charge is 0.317 e. The third kappa shape index (κ3) is 5.10. The largest absolute Gasteiger partial charge is 0.488 e. The zero-order valence-corrected chi connectivity index (χ0v) is 13.2. The monoisotopic (exact) mass is 322 g/mol. The number of amides is 3. The average molecular weight is 322 g/mol. The van der Waals surface area contributed by atoms with Crippen molar-refractivity contribution >= 4 is 11.9 Å². The summed E-state index contributed by atoms with van der Waals surface area (Å²) in [7, 11) is 1.59. The molecule has 8 heteroatoms. The maximum absolute atomic E-state index is 12.0. The molecule has 0 radical (unpaired) electrons. The van der Waals surface area contributed by atoms with E-state index >= 15 is 0 Å². The lowest BCUT2D eigenvalue weighted by Gasteiger charge is -2.32. The van der Waals surface area contributed by atoms with E-state index in [0.29, 0.717) is 32.0 Å². The molecule has 2 rings (SSSR count).